The Kier molecular flexibility index (Phi) is 3.44. The molecule has 4 heteroatoms. The quantitative estimate of drug-likeness (QED) is 0.902. The molecule has 0 aliphatic carbocycles. The number of hydrogen-bond acceptors (Lipinski definition) is 3. The Morgan fingerprint density at radius 2 is 2.06 bits per heavy atom. The highest BCUT2D eigenvalue weighted by molar-refractivity contribution is 7.12. The van der Waals surface area contributed by atoms with Crippen LogP contribution in [0.3, 0.4) is 0 Å². The molecule has 0 aliphatic heterocycles. The molecular weight excluding hydrogens is 236 g/mol. The molecular formula is C13H12O3S. The maximum absolute atomic E-state index is 10.7. The first-order valence-corrected chi connectivity index (χ1v) is 6.03. The van der Waals surface area contributed by atoms with E-state index < -0.39 is 5.97 Å². The minimum atomic E-state index is -0.916. The van der Waals surface area contributed by atoms with Crippen LogP contribution in [0.4, 0.5) is 0 Å². The Labute approximate surface area is 103 Å². The molecule has 1 aromatic carbocycles. The van der Waals surface area contributed by atoms with E-state index in [4.69, 9.17) is 9.84 Å². The molecule has 0 atom stereocenters. The van der Waals surface area contributed by atoms with Gasteiger partial charge in [-0.1, -0.05) is 29.8 Å². The highest BCUT2D eigenvalue weighted by Crippen LogP contribution is 2.22. The van der Waals surface area contributed by atoms with Crippen LogP contribution < -0.4 is 4.74 Å². The molecule has 0 saturated carbocycles. The second kappa shape index (κ2) is 5.01. The summed E-state index contributed by atoms with van der Waals surface area (Å²) in [6, 6.07) is 9.59. The van der Waals surface area contributed by atoms with Crippen molar-refractivity contribution in [2.24, 2.45) is 0 Å². The summed E-state index contributed by atoms with van der Waals surface area (Å²) < 4.78 is 5.51. The first-order chi connectivity index (χ1) is 8.15. The Balaban J connectivity index is 1.97. The molecule has 0 fully saturated rings. The number of hydrogen-bond donors (Lipinski definition) is 1. The Morgan fingerprint density at radius 3 is 2.65 bits per heavy atom. The summed E-state index contributed by atoms with van der Waals surface area (Å²) in [6.07, 6.45) is 0. The molecule has 0 amide bonds. The number of aromatic carboxylic acids is 1. The maximum Gasteiger partial charge on any atom is 0.346 e. The fourth-order valence-corrected chi connectivity index (χ4v) is 2.02. The lowest BCUT2D eigenvalue weighted by Crippen LogP contribution is -1.95. The fraction of sp³-hybridized carbons (Fsp3) is 0.154. The molecule has 3 nitrogen and oxygen atoms in total. The zero-order valence-corrected chi connectivity index (χ0v) is 10.2. The molecule has 1 N–H and O–H groups in total. The van der Waals surface area contributed by atoms with Crippen LogP contribution in [0.15, 0.2) is 35.7 Å². The Hall–Kier alpha value is -1.81. The lowest BCUT2D eigenvalue weighted by Gasteiger charge is -2.03. The molecule has 0 saturated heterocycles. The highest BCUT2D eigenvalue weighted by atomic mass is 32.1. The molecule has 0 bridgehead atoms. The molecule has 0 aliphatic rings. The third-order valence-electron chi connectivity index (χ3n) is 2.31. The van der Waals surface area contributed by atoms with Crippen LogP contribution in [0, 0.1) is 6.92 Å². The summed E-state index contributed by atoms with van der Waals surface area (Å²) >= 11 is 1.17. The standard InChI is InChI=1S/C13H12O3S/c1-9-2-4-10(5-3-9)7-16-11-6-12(13(14)15)17-8-11/h2-6,8H,7H2,1H3,(H,14,15). The number of thiophene rings is 1. The fourth-order valence-electron chi connectivity index (χ4n) is 1.36. The molecule has 0 unspecified atom stereocenters. The topological polar surface area (TPSA) is 46.5 Å². The van der Waals surface area contributed by atoms with Crippen LogP contribution in [0.1, 0.15) is 20.8 Å². The summed E-state index contributed by atoms with van der Waals surface area (Å²) in [5.41, 5.74) is 2.27. The van der Waals surface area contributed by atoms with Gasteiger partial charge in [0.05, 0.1) is 0 Å². The van der Waals surface area contributed by atoms with E-state index in [2.05, 4.69) is 0 Å². The summed E-state index contributed by atoms with van der Waals surface area (Å²) in [4.78, 5) is 11.0. The van der Waals surface area contributed by atoms with Crippen molar-refractivity contribution in [1.82, 2.24) is 0 Å². The lowest BCUT2D eigenvalue weighted by atomic mass is 10.2. The Morgan fingerprint density at radius 1 is 1.35 bits per heavy atom. The van der Waals surface area contributed by atoms with Gasteiger partial charge >= 0.3 is 5.97 Å². The van der Waals surface area contributed by atoms with Crippen molar-refractivity contribution < 1.29 is 14.6 Å². The van der Waals surface area contributed by atoms with Crippen LogP contribution in [0.5, 0.6) is 5.75 Å². The smallest absolute Gasteiger partial charge is 0.346 e. The van der Waals surface area contributed by atoms with Crippen LogP contribution in [-0.4, -0.2) is 11.1 Å². The van der Waals surface area contributed by atoms with Gasteiger partial charge in [0.2, 0.25) is 0 Å². The number of benzene rings is 1. The largest absolute Gasteiger partial charge is 0.488 e. The lowest BCUT2D eigenvalue weighted by molar-refractivity contribution is 0.0702. The number of aryl methyl sites for hydroxylation is 1. The maximum atomic E-state index is 10.7. The molecule has 0 spiro atoms. The molecule has 1 aromatic heterocycles. The molecule has 0 radical (unpaired) electrons. The SMILES string of the molecule is Cc1ccc(COc2csc(C(=O)O)c2)cc1. The summed E-state index contributed by atoms with van der Waals surface area (Å²) in [5.74, 6) is -0.312. The molecule has 88 valence electrons. The van der Waals surface area contributed by atoms with Crippen molar-refractivity contribution in [2.75, 3.05) is 0 Å². The number of rotatable bonds is 4. The van der Waals surface area contributed by atoms with Gasteiger partial charge in [0, 0.05) is 11.4 Å². The average molecular weight is 248 g/mol. The van der Waals surface area contributed by atoms with Gasteiger partial charge < -0.3 is 9.84 Å². The number of carboxylic acids is 1. The molecule has 1 heterocycles. The summed E-state index contributed by atoms with van der Waals surface area (Å²) in [5, 5.41) is 10.5. The third-order valence-corrected chi connectivity index (χ3v) is 3.21. The monoisotopic (exact) mass is 248 g/mol. The van der Waals surface area contributed by atoms with Crippen LogP contribution in [0.25, 0.3) is 0 Å². The van der Waals surface area contributed by atoms with Gasteiger partial charge in [-0.15, -0.1) is 11.3 Å². The normalized spacial score (nSPS) is 10.2. The van der Waals surface area contributed by atoms with E-state index in [0.29, 0.717) is 17.2 Å². The van der Waals surface area contributed by atoms with Gasteiger partial charge in [0.25, 0.3) is 0 Å². The zero-order chi connectivity index (χ0) is 12.3. The van der Waals surface area contributed by atoms with Crippen molar-refractivity contribution >= 4 is 17.3 Å². The summed E-state index contributed by atoms with van der Waals surface area (Å²) in [6.45, 7) is 2.48. The Bertz CT molecular complexity index is 514. The van der Waals surface area contributed by atoms with Crippen molar-refractivity contribution in [3.63, 3.8) is 0 Å². The van der Waals surface area contributed by atoms with Gasteiger partial charge in [-0.2, -0.15) is 0 Å². The number of carboxylic acid groups (broad SMARTS) is 1. The van der Waals surface area contributed by atoms with E-state index in [-0.39, 0.29) is 0 Å². The second-order valence-corrected chi connectivity index (χ2v) is 4.64. The van der Waals surface area contributed by atoms with E-state index in [1.165, 1.54) is 16.9 Å². The van der Waals surface area contributed by atoms with E-state index in [0.717, 1.165) is 5.56 Å². The van der Waals surface area contributed by atoms with E-state index in [1.54, 1.807) is 11.4 Å². The predicted molar refractivity (Wildman–Crippen MR) is 66.8 cm³/mol. The highest BCUT2D eigenvalue weighted by Gasteiger charge is 2.07. The predicted octanol–water partition coefficient (Wildman–Crippen LogP) is 3.33. The van der Waals surface area contributed by atoms with E-state index in [9.17, 15) is 4.79 Å². The molecule has 2 aromatic rings. The van der Waals surface area contributed by atoms with Crippen molar-refractivity contribution in [3.05, 3.63) is 51.7 Å². The first kappa shape index (κ1) is 11.7. The second-order valence-electron chi connectivity index (χ2n) is 3.73. The van der Waals surface area contributed by atoms with E-state index >= 15 is 0 Å². The van der Waals surface area contributed by atoms with Crippen LogP contribution in [0.2, 0.25) is 0 Å². The van der Waals surface area contributed by atoms with Gasteiger partial charge in [-0.3, -0.25) is 0 Å². The number of ether oxygens (including phenoxy) is 1. The van der Waals surface area contributed by atoms with E-state index in [1.807, 2.05) is 31.2 Å². The van der Waals surface area contributed by atoms with Crippen molar-refractivity contribution in [1.29, 1.82) is 0 Å². The minimum Gasteiger partial charge on any atom is -0.488 e. The van der Waals surface area contributed by atoms with Gasteiger partial charge in [-0.05, 0) is 12.5 Å². The van der Waals surface area contributed by atoms with Crippen LogP contribution in [-0.2, 0) is 6.61 Å². The third kappa shape index (κ3) is 3.07. The van der Waals surface area contributed by atoms with Gasteiger partial charge in [0.15, 0.2) is 0 Å². The first-order valence-electron chi connectivity index (χ1n) is 5.15. The van der Waals surface area contributed by atoms with Crippen molar-refractivity contribution in [3.8, 4) is 5.75 Å². The number of carbonyl (C=O) groups is 1. The van der Waals surface area contributed by atoms with Gasteiger partial charge in [0.1, 0.15) is 17.2 Å². The zero-order valence-electron chi connectivity index (χ0n) is 9.34. The minimum absolute atomic E-state index is 0.295. The summed E-state index contributed by atoms with van der Waals surface area (Å²) in [7, 11) is 0. The van der Waals surface area contributed by atoms with Crippen LogP contribution >= 0.6 is 11.3 Å². The average Bonchev–Trinajstić information content (AvgIpc) is 2.77. The molecule has 17 heavy (non-hydrogen) atoms. The van der Waals surface area contributed by atoms with Gasteiger partial charge in [-0.25, -0.2) is 4.79 Å². The molecule has 2 rings (SSSR count). The van der Waals surface area contributed by atoms with Crippen molar-refractivity contribution in [2.45, 2.75) is 13.5 Å².